The van der Waals surface area contributed by atoms with Gasteiger partial charge in [0.2, 0.25) is 11.8 Å². The van der Waals surface area contributed by atoms with Gasteiger partial charge < -0.3 is 10.1 Å². The van der Waals surface area contributed by atoms with Crippen molar-refractivity contribution in [2.75, 3.05) is 18.5 Å². The van der Waals surface area contributed by atoms with Gasteiger partial charge in [-0.15, -0.1) is 0 Å². The molecule has 10 nitrogen and oxygen atoms in total. The number of imide groups is 1. The van der Waals surface area contributed by atoms with Crippen molar-refractivity contribution in [1.29, 1.82) is 0 Å². The van der Waals surface area contributed by atoms with E-state index in [9.17, 15) is 27.6 Å². The highest BCUT2D eigenvalue weighted by Gasteiger charge is 2.47. The molecule has 2 N–H and O–H groups in total. The van der Waals surface area contributed by atoms with Gasteiger partial charge in [0.1, 0.15) is 0 Å². The lowest BCUT2D eigenvalue weighted by Gasteiger charge is -2.19. The smallest absolute Gasteiger partial charge is 0.338 e. The molecular weight excluding hydrogens is 510 g/mol. The van der Waals surface area contributed by atoms with E-state index in [-0.39, 0.29) is 46.4 Å². The summed E-state index contributed by atoms with van der Waals surface area (Å²) < 4.78 is 32.0. The van der Waals surface area contributed by atoms with Gasteiger partial charge in [-0.2, -0.15) is 0 Å². The molecule has 0 bridgehead atoms. The first kappa shape index (κ1) is 27.3. The molecule has 1 heterocycles. The van der Waals surface area contributed by atoms with E-state index < -0.39 is 22.0 Å². The number of fused-ring (bicyclic) bond motifs is 1. The predicted molar refractivity (Wildman–Crippen MR) is 139 cm³/mol. The lowest BCUT2D eigenvalue weighted by molar-refractivity contribution is -0.140. The first-order valence-corrected chi connectivity index (χ1v) is 14.2. The zero-order valence-corrected chi connectivity index (χ0v) is 22.0. The summed E-state index contributed by atoms with van der Waals surface area (Å²) in [5.74, 6) is -1.09. The van der Waals surface area contributed by atoms with Crippen molar-refractivity contribution in [1.82, 2.24) is 9.62 Å². The maximum Gasteiger partial charge on any atom is 0.338 e. The molecule has 202 valence electrons. The Labute approximate surface area is 221 Å². The number of sulfonamides is 1. The summed E-state index contributed by atoms with van der Waals surface area (Å²) >= 11 is 0. The maximum absolute atomic E-state index is 12.5. The van der Waals surface area contributed by atoms with Crippen molar-refractivity contribution in [3.63, 3.8) is 0 Å². The zero-order chi connectivity index (χ0) is 27.3. The van der Waals surface area contributed by atoms with Crippen molar-refractivity contribution in [3.8, 4) is 0 Å². The highest BCUT2D eigenvalue weighted by atomic mass is 32.2. The third kappa shape index (κ3) is 6.39. The number of amides is 4. The average Bonchev–Trinajstić information content (AvgIpc) is 3.13. The Morgan fingerprint density at radius 2 is 1.63 bits per heavy atom. The van der Waals surface area contributed by atoms with Crippen molar-refractivity contribution < 1.29 is 32.3 Å². The van der Waals surface area contributed by atoms with Gasteiger partial charge in [0.25, 0.3) is 10.0 Å². The molecule has 1 saturated heterocycles. The molecule has 4 amide bonds. The Balaban J connectivity index is 1.22. The van der Waals surface area contributed by atoms with Crippen LogP contribution in [0.4, 0.5) is 10.5 Å². The number of aryl methyl sites for hydroxylation is 1. The normalized spacial score (nSPS) is 19.1. The van der Waals surface area contributed by atoms with E-state index in [2.05, 4.69) is 5.32 Å². The van der Waals surface area contributed by atoms with E-state index in [0.29, 0.717) is 19.4 Å². The fraction of sp³-hybridized carbons (Fsp3) is 0.407. The minimum atomic E-state index is -4.06. The number of esters is 1. The number of carbonyl (C=O) groups is 4. The van der Waals surface area contributed by atoms with Gasteiger partial charge in [0.05, 0.1) is 28.9 Å². The molecule has 2 aromatic rings. The predicted octanol–water partition coefficient (Wildman–Crippen LogP) is 3.62. The van der Waals surface area contributed by atoms with Crippen LogP contribution < -0.4 is 10.0 Å². The fourth-order valence-electron chi connectivity index (χ4n) is 4.85. The van der Waals surface area contributed by atoms with Gasteiger partial charge in [0.15, 0.2) is 0 Å². The van der Waals surface area contributed by atoms with Gasteiger partial charge in [-0.3, -0.25) is 14.5 Å². The second kappa shape index (κ2) is 11.8. The molecule has 1 saturated carbocycles. The van der Waals surface area contributed by atoms with Crippen LogP contribution in [0.5, 0.6) is 0 Å². The summed E-state index contributed by atoms with van der Waals surface area (Å²) in [6, 6.07) is 11.0. The van der Waals surface area contributed by atoms with Gasteiger partial charge in [-0.1, -0.05) is 36.6 Å². The number of nitrogens with one attached hydrogen (secondary N) is 2. The number of rotatable bonds is 9. The number of urea groups is 1. The van der Waals surface area contributed by atoms with E-state index in [4.69, 9.17) is 4.74 Å². The molecule has 0 aromatic heterocycles. The van der Waals surface area contributed by atoms with Gasteiger partial charge in [-0.25, -0.2) is 22.7 Å². The highest BCUT2D eigenvalue weighted by Crippen LogP contribution is 2.38. The lowest BCUT2D eigenvalue weighted by atomic mass is 9.81. The SMILES string of the molecule is Cc1ccc(S(=O)(=O)NC(=O)Nc2cccc(C(=O)OCCCCN3C(=O)C4CCCCC4C3=O)c2)cc1. The summed E-state index contributed by atoms with van der Waals surface area (Å²) in [4.78, 5) is 51.1. The third-order valence-electron chi connectivity index (χ3n) is 6.86. The summed E-state index contributed by atoms with van der Waals surface area (Å²) in [5, 5.41) is 2.41. The minimum absolute atomic E-state index is 0.0487. The number of benzene rings is 2. The van der Waals surface area contributed by atoms with E-state index >= 15 is 0 Å². The number of unbranched alkanes of at least 4 members (excludes halogenated alkanes) is 1. The molecule has 1 aliphatic carbocycles. The molecular formula is C27H31N3O7S. The number of ether oxygens (including phenoxy) is 1. The summed E-state index contributed by atoms with van der Waals surface area (Å²) in [6.07, 6.45) is 4.54. The molecule has 2 fully saturated rings. The first-order chi connectivity index (χ1) is 18.2. The molecule has 1 aliphatic heterocycles. The number of hydrogen-bond donors (Lipinski definition) is 2. The number of likely N-dealkylation sites (tertiary alicyclic amines) is 1. The minimum Gasteiger partial charge on any atom is -0.462 e. The van der Waals surface area contributed by atoms with Crippen LogP contribution in [-0.4, -0.2) is 50.3 Å². The number of hydrogen-bond acceptors (Lipinski definition) is 7. The Bertz CT molecular complexity index is 1300. The van der Waals surface area contributed by atoms with Crippen molar-refractivity contribution in [3.05, 3.63) is 59.7 Å². The van der Waals surface area contributed by atoms with Gasteiger partial charge in [-0.05, 0) is 62.9 Å². The van der Waals surface area contributed by atoms with Crippen LogP contribution in [0.15, 0.2) is 53.4 Å². The summed E-state index contributed by atoms with van der Waals surface area (Å²) in [6.45, 7) is 2.25. The van der Waals surface area contributed by atoms with Crippen LogP contribution in [0.1, 0.15) is 54.4 Å². The standard InChI is InChI=1S/C27H31N3O7S/c1-18-11-13-21(14-12-18)38(35,36)29-27(34)28-20-8-6-7-19(17-20)26(33)37-16-5-4-15-30-24(31)22-9-2-3-10-23(22)25(30)32/h6-8,11-14,17,22-23H,2-5,9-10,15-16H2,1H3,(H2,28,29,34). The van der Waals surface area contributed by atoms with E-state index in [1.165, 1.54) is 41.3 Å². The van der Waals surface area contributed by atoms with Crippen LogP contribution in [-0.2, 0) is 24.3 Å². The van der Waals surface area contributed by atoms with E-state index in [1.54, 1.807) is 12.1 Å². The monoisotopic (exact) mass is 541 g/mol. The maximum atomic E-state index is 12.5. The Morgan fingerprint density at radius 3 is 2.29 bits per heavy atom. The number of nitrogens with zero attached hydrogens (tertiary/aromatic N) is 1. The molecule has 2 aromatic carbocycles. The topological polar surface area (TPSA) is 139 Å². The first-order valence-electron chi connectivity index (χ1n) is 12.7. The number of anilines is 1. The quantitative estimate of drug-likeness (QED) is 0.281. The third-order valence-corrected chi connectivity index (χ3v) is 8.20. The fourth-order valence-corrected chi connectivity index (χ4v) is 5.76. The Hall–Kier alpha value is -3.73. The molecule has 0 radical (unpaired) electrons. The van der Waals surface area contributed by atoms with Crippen LogP contribution in [0.3, 0.4) is 0 Å². The Kier molecular flexibility index (Phi) is 8.45. The molecule has 2 aliphatic rings. The molecule has 2 unspecified atom stereocenters. The molecule has 2 atom stereocenters. The second-order valence-corrected chi connectivity index (χ2v) is 11.3. The van der Waals surface area contributed by atoms with E-state index in [0.717, 1.165) is 31.2 Å². The second-order valence-electron chi connectivity index (χ2n) is 9.62. The average molecular weight is 542 g/mol. The van der Waals surface area contributed by atoms with E-state index in [1.807, 2.05) is 11.6 Å². The zero-order valence-electron chi connectivity index (χ0n) is 21.1. The van der Waals surface area contributed by atoms with Gasteiger partial charge >= 0.3 is 12.0 Å². The van der Waals surface area contributed by atoms with Crippen LogP contribution in [0, 0.1) is 18.8 Å². The Morgan fingerprint density at radius 1 is 0.974 bits per heavy atom. The molecule has 4 rings (SSSR count). The van der Waals surface area contributed by atoms with Crippen molar-refractivity contribution in [2.24, 2.45) is 11.8 Å². The van der Waals surface area contributed by atoms with Crippen LogP contribution in [0.2, 0.25) is 0 Å². The molecule has 38 heavy (non-hydrogen) atoms. The largest absolute Gasteiger partial charge is 0.462 e. The summed E-state index contributed by atoms with van der Waals surface area (Å²) in [7, 11) is -4.06. The number of carbonyl (C=O) groups excluding carboxylic acids is 4. The van der Waals surface area contributed by atoms with Crippen molar-refractivity contribution in [2.45, 2.75) is 50.3 Å². The van der Waals surface area contributed by atoms with Gasteiger partial charge in [0, 0.05) is 12.2 Å². The molecule has 11 heteroatoms. The highest BCUT2D eigenvalue weighted by molar-refractivity contribution is 7.90. The van der Waals surface area contributed by atoms with Crippen LogP contribution >= 0.6 is 0 Å². The molecule has 0 spiro atoms. The van der Waals surface area contributed by atoms with Crippen molar-refractivity contribution >= 4 is 39.5 Å². The van der Waals surface area contributed by atoms with Crippen LogP contribution in [0.25, 0.3) is 0 Å². The lowest BCUT2D eigenvalue weighted by Crippen LogP contribution is -2.34. The summed E-state index contributed by atoms with van der Waals surface area (Å²) in [5.41, 5.74) is 1.27.